The molecule has 1 atom stereocenters. The highest BCUT2D eigenvalue weighted by atomic mass is 16.6. The monoisotopic (exact) mass is 372 g/mol. The molecular weight excluding hydrogens is 344 g/mol. The zero-order valence-corrected chi connectivity index (χ0v) is 16.0. The molecule has 2 aliphatic heterocycles. The summed E-state index contributed by atoms with van der Waals surface area (Å²) in [5.74, 6) is 1.42. The Kier molecular flexibility index (Phi) is 4.98. The van der Waals surface area contributed by atoms with Crippen LogP contribution in [0.2, 0.25) is 0 Å². The number of carbonyl (C=O) groups excluding carboxylic acids is 2. The second kappa shape index (κ2) is 7.41. The van der Waals surface area contributed by atoms with Crippen molar-refractivity contribution in [3.63, 3.8) is 0 Å². The van der Waals surface area contributed by atoms with Gasteiger partial charge in [0.2, 0.25) is 11.8 Å². The number of nitrogens with one attached hydrogen (secondary N) is 1. The molecule has 27 heavy (non-hydrogen) atoms. The van der Waals surface area contributed by atoms with Crippen molar-refractivity contribution >= 4 is 11.8 Å². The number of nitrogens with zero attached hydrogens (tertiary/aromatic N) is 1. The molecule has 6 nitrogen and oxygen atoms in total. The standard InChI is InChI=1S/C21H28N2O4/c1-15(19(24)23-10-4-5-11-23)22-20(25)21(8-2-3-9-21)16-6-7-17-18(14-16)27-13-12-26-17/h6-7,14-15H,2-5,8-13H2,1H3,(H,22,25). The lowest BCUT2D eigenvalue weighted by molar-refractivity contribution is -0.136. The van der Waals surface area contributed by atoms with Crippen LogP contribution >= 0.6 is 0 Å². The van der Waals surface area contributed by atoms with Crippen molar-refractivity contribution in [3.05, 3.63) is 23.8 Å². The number of rotatable bonds is 4. The summed E-state index contributed by atoms with van der Waals surface area (Å²) >= 11 is 0. The lowest BCUT2D eigenvalue weighted by Crippen LogP contribution is -2.51. The first-order valence-electron chi connectivity index (χ1n) is 10.1. The zero-order valence-electron chi connectivity index (χ0n) is 16.0. The van der Waals surface area contributed by atoms with Gasteiger partial charge in [0.25, 0.3) is 0 Å². The van der Waals surface area contributed by atoms with Crippen molar-refractivity contribution in [3.8, 4) is 11.5 Å². The maximum Gasteiger partial charge on any atom is 0.244 e. The molecule has 0 spiro atoms. The van der Waals surface area contributed by atoms with E-state index in [1.807, 2.05) is 23.1 Å². The molecular formula is C21H28N2O4. The number of ether oxygens (including phenoxy) is 2. The van der Waals surface area contributed by atoms with Gasteiger partial charge >= 0.3 is 0 Å². The molecule has 1 N–H and O–H groups in total. The third-order valence-corrected chi connectivity index (χ3v) is 6.12. The SMILES string of the molecule is CC(NC(=O)C1(c2ccc3c(c2)OCCO3)CCCC1)C(=O)N1CCCC1. The summed E-state index contributed by atoms with van der Waals surface area (Å²) in [7, 11) is 0. The number of amides is 2. The van der Waals surface area contributed by atoms with Crippen LogP contribution in [-0.4, -0.2) is 49.1 Å². The topological polar surface area (TPSA) is 67.9 Å². The molecule has 1 aliphatic carbocycles. The summed E-state index contributed by atoms with van der Waals surface area (Å²) in [5, 5.41) is 3.02. The highest BCUT2D eigenvalue weighted by molar-refractivity contribution is 5.93. The van der Waals surface area contributed by atoms with Crippen LogP contribution in [0.4, 0.5) is 0 Å². The summed E-state index contributed by atoms with van der Waals surface area (Å²) in [6.45, 7) is 4.47. The number of hydrogen-bond acceptors (Lipinski definition) is 4. The molecule has 2 amide bonds. The molecule has 1 unspecified atom stereocenters. The van der Waals surface area contributed by atoms with Gasteiger partial charge in [0.1, 0.15) is 19.3 Å². The molecule has 1 saturated heterocycles. The van der Waals surface area contributed by atoms with Crippen LogP contribution < -0.4 is 14.8 Å². The second-order valence-electron chi connectivity index (χ2n) is 7.88. The van der Waals surface area contributed by atoms with Gasteiger partial charge < -0.3 is 19.7 Å². The summed E-state index contributed by atoms with van der Waals surface area (Å²) in [6, 6.07) is 5.33. The van der Waals surface area contributed by atoms with Crippen molar-refractivity contribution in [2.75, 3.05) is 26.3 Å². The molecule has 3 aliphatic rings. The minimum atomic E-state index is -0.588. The second-order valence-corrected chi connectivity index (χ2v) is 7.88. The largest absolute Gasteiger partial charge is 0.486 e. The summed E-state index contributed by atoms with van der Waals surface area (Å²) in [4.78, 5) is 27.8. The van der Waals surface area contributed by atoms with Gasteiger partial charge in [0.15, 0.2) is 11.5 Å². The van der Waals surface area contributed by atoms with Crippen LogP contribution in [0.3, 0.4) is 0 Å². The van der Waals surface area contributed by atoms with Crippen molar-refractivity contribution in [2.24, 2.45) is 0 Å². The van der Waals surface area contributed by atoms with E-state index in [4.69, 9.17) is 9.47 Å². The van der Waals surface area contributed by atoms with Crippen molar-refractivity contribution < 1.29 is 19.1 Å². The minimum Gasteiger partial charge on any atom is -0.486 e. The Morgan fingerprint density at radius 1 is 1.04 bits per heavy atom. The van der Waals surface area contributed by atoms with Gasteiger partial charge in [-0.15, -0.1) is 0 Å². The quantitative estimate of drug-likeness (QED) is 0.881. The molecule has 2 heterocycles. The fourth-order valence-corrected chi connectivity index (χ4v) is 4.57. The molecule has 0 radical (unpaired) electrons. The van der Waals surface area contributed by atoms with Gasteiger partial charge in [-0.1, -0.05) is 18.9 Å². The van der Waals surface area contributed by atoms with Crippen LogP contribution in [0.1, 0.15) is 51.0 Å². The molecule has 6 heteroatoms. The average molecular weight is 372 g/mol. The first kappa shape index (κ1) is 18.1. The molecule has 2 fully saturated rings. The molecule has 1 aromatic rings. The third-order valence-electron chi connectivity index (χ3n) is 6.12. The first-order chi connectivity index (χ1) is 13.1. The third kappa shape index (κ3) is 3.37. The lowest BCUT2D eigenvalue weighted by atomic mass is 9.77. The Hall–Kier alpha value is -2.24. The average Bonchev–Trinajstić information content (AvgIpc) is 3.39. The van der Waals surface area contributed by atoms with Crippen LogP contribution in [0, 0.1) is 0 Å². The molecule has 1 aromatic carbocycles. The van der Waals surface area contributed by atoms with E-state index >= 15 is 0 Å². The number of carbonyl (C=O) groups is 2. The van der Waals surface area contributed by atoms with Gasteiger partial charge in [0, 0.05) is 13.1 Å². The molecule has 0 aromatic heterocycles. The zero-order chi connectivity index (χ0) is 18.9. The summed E-state index contributed by atoms with van der Waals surface area (Å²) in [6.07, 6.45) is 5.71. The Balaban J connectivity index is 1.54. The summed E-state index contributed by atoms with van der Waals surface area (Å²) in [5.41, 5.74) is 0.373. The van der Waals surface area contributed by atoms with Crippen LogP contribution in [0.15, 0.2) is 18.2 Å². The van der Waals surface area contributed by atoms with Gasteiger partial charge in [-0.25, -0.2) is 0 Å². The molecule has 0 bridgehead atoms. The molecule has 4 rings (SSSR count). The van der Waals surface area contributed by atoms with E-state index < -0.39 is 11.5 Å². The maximum absolute atomic E-state index is 13.3. The number of fused-ring (bicyclic) bond motifs is 1. The van der Waals surface area contributed by atoms with Crippen molar-refractivity contribution in [1.29, 1.82) is 0 Å². The molecule has 1 saturated carbocycles. The predicted octanol–water partition coefficient (Wildman–Crippen LogP) is 2.40. The fraction of sp³-hybridized carbons (Fsp3) is 0.619. The van der Waals surface area contributed by atoms with E-state index in [9.17, 15) is 9.59 Å². The van der Waals surface area contributed by atoms with Crippen LogP contribution in [-0.2, 0) is 15.0 Å². The Bertz CT molecular complexity index is 721. The predicted molar refractivity (Wildman–Crippen MR) is 101 cm³/mol. The Morgan fingerprint density at radius 2 is 1.70 bits per heavy atom. The van der Waals surface area contributed by atoms with E-state index in [0.717, 1.165) is 62.9 Å². The van der Waals surface area contributed by atoms with Gasteiger partial charge in [-0.2, -0.15) is 0 Å². The smallest absolute Gasteiger partial charge is 0.244 e. The Morgan fingerprint density at radius 3 is 2.41 bits per heavy atom. The van der Waals surface area contributed by atoms with Crippen molar-refractivity contribution in [2.45, 2.75) is 56.9 Å². The lowest BCUT2D eigenvalue weighted by Gasteiger charge is -2.31. The normalized spacial score (nSPS) is 21.7. The van der Waals surface area contributed by atoms with Gasteiger partial charge in [-0.3, -0.25) is 9.59 Å². The van der Waals surface area contributed by atoms with E-state index in [2.05, 4.69) is 5.32 Å². The van der Waals surface area contributed by atoms with Gasteiger partial charge in [-0.05, 0) is 50.3 Å². The first-order valence-corrected chi connectivity index (χ1v) is 10.1. The van der Waals surface area contributed by atoms with Gasteiger partial charge in [0.05, 0.1) is 5.41 Å². The Labute approximate surface area is 160 Å². The van der Waals surface area contributed by atoms with Crippen LogP contribution in [0.25, 0.3) is 0 Å². The fourth-order valence-electron chi connectivity index (χ4n) is 4.57. The van der Waals surface area contributed by atoms with E-state index in [1.54, 1.807) is 6.92 Å². The highest BCUT2D eigenvalue weighted by Gasteiger charge is 2.44. The highest BCUT2D eigenvalue weighted by Crippen LogP contribution is 2.44. The molecule has 146 valence electrons. The minimum absolute atomic E-state index is 0.0242. The summed E-state index contributed by atoms with van der Waals surface area (Å²) < 4.78 is 11.3. The number of benzene rings is 1. The van der Waals surface area contributed by atoms with E-state index in [0.29, 0.717) is 19.0 Å². The van der Waals surface area contributed by atoms with Crippen LogP contribution in [0.5, 0.6) is 11.5 Å². The number of likely N-dealkylation sites (tertiary alicyclic amines) is 1. The number of hydrogen-bond donors (Lipinski definition) is 1. The maximum atomic E-state index is 13.3. The van der Waals surface area contributed by atoms with Crippen molar-refractivity contribution in [1.82, 2.24) is 10.2 Å². The van der Waals surface area contributed by atoms with E-state index in [-0.39, 0.29) is 11.8 Å². The van der Waals surface area contributed by atoms with E-state index in [1.165, 1.54) is 0 Å².